The number of carbonyl (C=O) groups is 1. The summed E-state index contributed by atoms with van der Waals surface area (Å²) in [5.74, 6) is 1.29. The van der Waals surface area contributed by atoms with Crippen LogP contribution in [0.3, 0.4) is 0 Å². The number of carbonyl (C=O) groups excluding carboxylic acids is 1. The van der Waals surface area contributed by atoms with Crippen LogP contribution in [-0.4, -0.2) is 68.5 Å². The number of rotatable bonds is 8. The van der Waals surface area contributed by atoms with E-state index in [1.807, 2.05) is 6.92 Å². The lowest BCUT2D eigenvalue weighted by molar-refractivity contribution is -0.126. The maximum absolute atomic E-state index is 12.4. The Hall–Kier alpha value is -1.63. The maximum atomic E-state index is 12.4. The fraction of sp³-hybridized carbons (Fsp3) is 0.696. The fourth-order valence-electron chi connectivity index (χ4n) is 4.56. The number of aryl methyl sites for hydroxylation is 1. The number of nitrogens with zero attached hydrogens (tertiary/aromatic N) is 1. The molecule has 1 amide bonds. The Balaban J connectivity index is 1.65. The molecular weight excluding hydrogens is 368 g/mol. The molecule has 3 rings (SSSR count). The third-order valence-corrected chi connectivity index (χ3v) is 6.54. The Morgan fingerprint density at radius 1 is 1.34 bits per heavy atom. The summed E-state index contributed by atoms with van der Waals surface area (Å²) in [6.45, 7) is 11.8. The standard InChI is InChI=1S/C23H36N2O4/c1-16-14-22(29-13-9-25-7-11-28-12-8-25)18(3)21-15-19(4-5-20(16)21)17(2)23(27)24-6-10-26/h14,17,19,26H,4-13,15H2,1-3H3,(H,24,27)/t17-,19+/m0/s1. The third kappa shape index (κ3) is 5.50. The van der Waals surface area contributed by atoms with Crippen molar-refractivity contribution in [2.75, 3.05) is 52.6 Å². The lowest BCUT2D eigenvalue weighted by atomic mass is 9.74. The van der Waals surface area contributed by atoms with Crippen LogP contribution in [0.25, 0.3) is 0 Å². The van der Waals surface area contributed by atoms with Gasteiger partial charge in [-0.05, 0) is 67.3 Å². The van der Waals surface area contributed by atoms with E-state index in [-0.39, 0.29) is 18.4 Å². The van der Waals surface area contributed by atoms with Crippen molar-refractivity contribution in [3.8, 4) is 5.75 Å². The first-order chi connectivity index (χ1) is 14.0. The monoisotopic (exact) mass is 404 g/mol. The molecule has 0 aromatic heterocycles. The molecule has 1 aliphatic carbocycles. The smallest absolute Gasteiger partial charge is 0.223 e. The van der Waals surface area contributed by atoms with Crippen LogP contribution < -0.4 is 10.1 Å². The lowest BCUT2D eigenvalue weighted by Crippen LogP contribution is -2.38. The molecule has 1 fully saturated rings. The summed E-state index contributed by atoms with van der Waals surface area (Å²) in [6, 6.07) is 2.19. The normalized spacial score (nSPS) is 20.8. The summed E-state index contributed by atoms with van der Waals surface area (Å²) in [7, 11) is 0. The molecule has 1 aromatic rings. The molecule has 6 heteroatoms. The molecule has 1 saturated heterocycles. The van der Waals surface area contributed by atoms with E-state index in [1.165, 1.54) is 22.3 Å². The van der Waals surface area contributed by atoms with Gasteiger partial charge in [0.25, 0.3) is 0 Å². The number of hydrogen-bond acceptors (Lipinski definition) is 5. The van der Waals surface area contributed by atoms with Crippen LogP contribution in [0.15, 0.2) is 6.07 Å². The van der Waals surface area contributed by atoms with Crippen molar-refractivity contribution in [2.24, 2.45) is 11.8 Å². The average Bonchev–Trinajstić information content (AvgIpc) is 2.75. The van der Waals surface area contributed by atoms with Gasteiger partial charge >= 0.3 is 0 Å². The van der Waals surface area contributed by atoms with Crippen LogP contribution in [0.5, 0.6) is 5.75 Å². The number of benzene rings is 1. The van der Waals surface area contributed by atoms with Crippen LogP contribution >= 0.6 is 0 Å². The summed E-state index contributed by atoms with van der Waals surface area (Å²) in [5, 5.41) is 11.8. The van der Waals surface area contributed by atoms with Crippen molar-refractivity contribution in [2.45, 2.75) is 40.0 Å². The number of fused-ring (bicyclic) bond motifs is 1. The van der Waals surface area contributed by atoms with Gasteiger partial charge in [-0.2, -0.15) is 0 Å². The zero-order valence-corrected chi connectivity index (χ0v) is 18.1. The van der Waals surface area contributed by atoms with Gasteiger partial charge in [0.15, 0.2) is 0 Å². The molecule has 29 heavy (non-hydrogen) atoms. The Kier molecular flexibility index (Phi) is 7.92. The first-order valence-electron chi connectivity index (χ1n) is 10.9. The highest BCUT2D eigenvalue weighted by molar-refractivity contribution is 5.78. The predicted molar refractivity (Wildman–Crippen MR) is 113 cm³/mol. The molecular formula is C23H36N2O4. The van der Waals surface area contributed by atoms with E-state index in [9.17, 15) is 4.79 Å². The maximum Gasteiger partial charge on any atom is 0.223 e. The minimum absolute atomic E-state index is 0.0184. The number of morpholine rings is 1. The molecule has 162 valence electrons. The van der Waals surface area contributed by atoms with Crippen LogP contribution in [0, 0.1) is 25.7 Å². The number of ether oxygens (including phenoxy) is 2. The summed E-state index contributed by atoms with van der Waals surface area (Å²) < 4.78 is 11.6. The highest BCUT2D eigenvalue weighted by atomic mass is 16.5. The highest BCUT2D eigenvalue weighted by Crippen LogP contribution is 2.37. The number of aliphatic hydroxyl groups excluding tert-OH is 1. The molecule has 2 N–H and O–H groups in total. The molecule has 1 aromatic carbocycles. The molecule has 0 unspecified atom stereocenters. The van der Waals surface area contributed by atoms with Crippen molar-refractivity contribution in [1.82, 2.24) is 10.2 Å². The van der Waals surface area contributed by atoms with Gasteiger partial charge in [-0.25, -0.2) is 0 Å². The summed E-state index contributed by atoms with van der Waals surface area (Å²) in [5.41, 5.74) is 5.31. The zero-order chi connectivity index (χ0) is 20.8. The van der Waals surface area contributed by atoms with E-state index in [2.05, 4.69) is 30.1 Å². The Labute approximate surface area is 174 Å². The fourth-order valence-corrected chi connectivity index (χ4v) is 4.56. The second-order valence-corrected chi connectivity index (χ2v) is 8.38. The van der Waals surface area contributed by atoms with E-state index >= 15 is 0 Å². The zero-order valence-electron chi connectivity index (χ0n) is 18.1. The van der Waals surface area contributed by atoms with Gasteiger partial charge in [0.2, 0.25) is 5.91 Å². The van der Waals surface area contributed by atoms with Gasteiger partial charge in [-0.15, -0.1) is 0 Å². The molecule has 0 bridgehead atoms. The summed E-state index contributed by atoms with van der Waals surface area (Å²) in [4.78, 5) is 14.7. The molecule has 0 saturated carbocycles. The first-order valence-corrected chi connectivity index (χ1v) is 10.9. The molecule has 2 atom stereocenters. The molecule has 6 nitrogen and oxygen atoms in total. The first kappa shape index (κ1) is 22.1. The van der Waals surface area contributed by atoms with Crippen molar-refractivity contribution >= 4 is 5.91 Å². The van der Waals surface area contributed by atoms with E-state index < -0.39 is 0 Å². The number of aliphatic hydroxyl groups is 1. The van der Waals surface area contributed by atoms with Gasteiger partial charge in [0.05, 0.1) is 19.8 Å². The van der Waals surface area contributed by atoms with Gasteiger partial charge in [0.1, 0.15) is 12.4 Å². The van der Waals surface area contributed by atoms with Crippen molar-refractivity contribution in [3.05, 3.63) is 28.3 Å². The minimum Gasteiger partial charge on any atom is -0.492 e. The SMILES string of the molecule is Cc1cc(OCCN2CCOCC2)c(C)c2c1CC[C@@H]([C@H](C)C(=O)NCCO)C2. The number of nitrogens with one attached hydrogen (secondary N) is 1. The van der Waals surface area contributed by atoms with Gasteiger partial charge < -0.3 is 19.9 Å². The number of amides is 1. The highest BCUT2D eigenvalue weighted by Gasteiger charge is 2.30. The number of hydrogen-bond donors (Lipinski definition) is 2. The van der Waals surface area contributed by atoms with Crippen LogP contribution in [0.4, 0.5) is 0 Å². The van der Waals surface area contributed by atoms with Crippen molar-refractivity contribution in [3.63, 3.8) is 0 Å². The molecule has 0 spiro atoms. The third-order valence-electron chi connectivity index (χ3n) is 6.54. The molecule has 1 aliphatic heterocycles. The van der Waals surface area contributed by atoms with Crippen LogP contribution in [0.1, 0.15) is 35.6 Å². The van der Waals surface area contributed by atoms with E-state index in [0.717, 1.165) is 57.9 Å². The van der Waals surface area contributed by atoms with E-state index in [1.54, 1.807) is 0 Å². The lowest BCUT2D eigenvalue weighted by Gasteiger charge is -2.32. The van der Waals surface area contributed by atoms with Gasteiger partial charge in [-0.3, -0.25) is 9.69 Å². The molecule has 2 aliphatic rings. The summed E-state index contributed by atoms with van der Waals surface area (Å²) in [6.07, 6.45) is 2.95. The summed E-state index contributed by atoms with van der Waals surface area (Å²) >= 11 is 0. The minimum atomic E-state index is -0.0553. The topological polar surface area (TPSA) is 71.0 Å². The van der Waals surface area contributed by atoms with Crippen molar-refractivity contribution < 1.29 is 19.4 Å². The van der Waals surface area contributed by atoms with E-state index in [4.69, 9.17) is 14.6 Å². The van der Waals surface area contributed by atoms with Gasteiger partial charge in [0, 0.05) is 32.1 Å². The van der Waals surface area contributed by atoms with Crippen LogP contribution in [0.2, 0.25) is 0 Å². The van der Waals surface area contributed by atoms with Gasteiger partial charge in [-0.1, -0.05) is 6.92 Å². The Morgan fingerprint density at radius 2 is 2.10 bits per heavy atom. The molecule has 0 radical (unpaired) electrons. The Morgan fingerprint density at radius 3 is 2.83 bits per heavy atom. The Bertz CT molecular complexity index is 701. The second kappa shape index (κ2) is 10.4. The quantitative estimate of drug-likeness (QED) is 0.692. The predicted octanol–water partition coefficient (Wildman–Crippen LogP) is 1.86. The largest absolute Gasteiger partial charge is 0.492 e. The van der Waals surface area contributed by atoms with Crippen molar-refractivity contribution in [1.29, 1.82) is 0 Å². The average molecular weight is 405 g/mol. The molecule has 1 heterocycles. The van der Waals surface area contributed by atoms with Crippen LogP contribution in [-0.2, 0) is 22.4 Å². The van der Waals surface area contributed by atoms with E-state index in [0.29, 0.717) is 19.1 Å². The second-order valence-electron chi connectivity index (χ2n) is 8.38.